The summed E-state index contributed by atoms with van der Waals surface area (Å²) in [5, 5.41) is 0. The van der Waals surface area contributed by atoms with E-state index in [1.807, 2.05) is 30.5 Å². The van der Waals surface area contributed by atoms with Crippen molar-refractivity contribution in [1.82, 2.24) is 0 Å². The monoisotopic (exact) mass is 444 g/mol. The third-order valence-corrected chi connectivity index (χ3v) is 6.47. The number of aliphatic imine (C=N–C) groups is 1. The number of thioether (sulfide) groups is 1. The van der Waals surface area contributed by atoms with Crippen molar-refractivity contribution in [3.63, 3.8) is 0 Å². The molecule has 0 radical (unpaired) electrons. The molecule has 2 unspecified atom stereocenters. The van der Waals surface area contributed by atoms with E-state index >= 15 is 0 Å². The first-order valence-electron chi connectivity index (χ1n) is 10.7. The van der Waals surface area contributed by atoms with Crippen LogP contribution in [0.4, 0.5) is 0 Å². The number of hydrogen-bond donors (Lipinski definition) is 1. The fraction of sp³-hybridized carbons (Fsp3) is 0.542. The Kier molecular flexibility index (Phi) is 7.73. The van der Waals surface area contributed by atoms with Crippen LogP contribution in [0, 0.1) is 11.3 Å². The summed E-state index contributed by atoms with van der Waals surface area (Å²) in [7, 11) is 0. The number of esters is 1. The largest absolute Gasteiger partial charge is 0.463 e. The number of nitrogens with two attached hydrogens (primary N) is 1. The topological polar surface area (TPSA) is 91.0 Å². The van der Waals surface area contributed by atoms with Crippen LogP contribution in [0.25, 0.3) is 0 Å². The molecule has 0 bridgehead atoms. The normalized spacial score (nSPS) is 22.7. The number of carbonyl (C=O) groups is 2. The summed E-state index contributed by atoms with van der Waals surface area (Å²) in [5.74, 6) is -1.20. The number of benzene rings is 1. The van der Waals surface area contributed by atoms with Gasteiger partial charge in [0, 0.05) is 29.5 Å². The van der Waals surface area contributed by atoms with Crippen LogP contribution >= 0.6 is 11.8 Å². The van der Waals surface area contributed by atoms with Crippen molar-refractivity contribution >= 4 is 29.2 Å². The number of hydrogen-bond acceptors (Lipinski definition) is 7. The molecular formula is C24H32N2O4S. The molecule has 0 amide bonds. The van der Waals surface area contributed by atoms with Crippen LogP contribution in [0.1, 0.15) is 45.1 Å². The van der Waals surface area contributed by atoms with Gasteiger partial charge in [0.15, 0.2) is 0 Å². The van der Waals surface area contributed by atoms with E-state index in [2.05, 4.69) is 13.8 Å². The summed E-state index contributed by atoms with van der Waals surface area (Å²) >= 11 is 1.65. The molecule has 1 heterocycles. The zero-order chi connectivity index (χ0) is 22.6. The van der Waals surface area contributed by atoms with Gasteiger partial charge in [-0.15, -0.1) is 11.8 Å². The molecule has 31 heavy (non-hydrogen) atoms. The van der Waals surface area contributed by atoms with E-state index in [0.717, 1.165) is 16.2 Å². The second-order valence-electron chi connectivity index (χ2n) is 8.74. The van der Waals surface area contributed by atoms with E-state index in [1.54, 1.807) is 18.7 Å². The van der Waals surface area contributed by atoms with Gasteiger partial charge >= 0.3 is 5.97 Å². The number of Topliss-reactive ketones (excluding diaryl/α,β-unsaturated/α-hetero) is 1. The molecule has 1 aliphatic heterocycles. The van der Waals surface area contributed by atoms with Crippen LogP contribution in [0.15, 0.2) is 45.4 Å². The van der Waals surface area contributed by atoms with E-state index in [-0.39, 0.29) is 24.4 Å². The maximum Gasteiger partial charge on any atom is 0.336 e. The van der Waals surface area contributed by atoms with Crippen molar-refractivity contribution in [2.24, 2.45) is 22.1 Å². The molecule has 3 rings (SSSR count). The molecule has 6 nitrogen and oxygen atoms in total. The number of ether oxygens (including phenoxy) is 2. The first-order valence-corrected chi connectivity index (χ1v) is 12.0. The third-order valence-electron chi connectivity index (χ3n) is 5.72. The quantitative estimate of drug-likeness (QED) is 0.373. The highest BCUT2D eigenvalue weighted by atomic mass is 32.2. The Balaban J connectivity index is 2.16. The Morgan fingerprint density at radius 2 is 1.94 bits per heavy atom. The summed E-state index contributed by atoms with van der Waals surface area (Å²) < 4.78 is 11.1. The zero-order valence-corrected chi connectivity index (χ0v) is 19.6. The Labute approximate surface area is 188 Å². The molecule has 1 saturated carbocycles. The van der Waals surface area contributed by atoms with Gasteiger partial charge in [-0.25, -0.2) is 4.79 Å². The fourth-order valence-electron chi connectivity index (χ4n) is 4.48. The second-order valence-corrected chi connectivity index (χ2v) is 9.62. The average molecular weight is 445 g/mol. The Morgan fingerprint density at radius 1 is 1.23 bits per heavy atom. The van der Waals surface area contributed by atoms with E-state index in [9.17, 15) is 9.59 Å². The minimum Gasteiger partial charge on any atom is -0.463 e. The highest BCUT2D eigenvalue weighted by Gasteiger charge is 2.48. The van der Waals surface area contributed by atoms with Crippen molar-refractivity contribution in [2.45, 2.75) is 44.4 Å². The van der Waals surface area contributed by atoms with Crippen molar-refractivity contribution in [3.05, 3.63) is 41.1 Å². The molecule has 168 valence electrons. The first-order chi connectivity index (χ1) is 14.8. The van der Waals surface area contributed by atoms with Gasteiger partial charge in [-0.2, -0.15) is 0 Å². The van der Waals surface area contributed by atoms with Crippen LogP contribution < -0.4 is 5.73 Å². The van der Waals surface area contributed by atoms with E-state index < -0.39 is 17.8 Å². The van der Waals surface area contributed by atoms with Crippen molar-refractivity contribution in [1.29, 1.82) is 0 Å². The highest BCUT2D eigenvalue weighted by molar-refractivity contribution is 7.98. The number of rotatable bonds is 8. The number of carbonyl (C=O) groups excluding carboxylic acids is 2. The predicted molar refractivity (Wildman–Crippen MR) is 123 cm³/mol. The van der Waals surface area contributed by atoms with Crippen molar-refractivity contribution in [2.75, 3.05) is 32.6 Å². The molecule has 0 saturated heterocycles. The smallest absolute Gasteiger partial charge is 0.336 e. The van der Waals surface area contributed by atoms with Crippen LogP contribution in [0.2, 0.25) is 0 Å². The SMILES string of the molecule is CCOC(=O)C1=C(COCCN)N=C2CC(C)(C)CC(=O)C2C1c1ccc(SC)cc1. The summed E-state index contributed by atoms with van der Waals surface area (Å²) in [6.45, 7) is 7.10. The van der Waals surface area contributed by atoms with Gasteiger partial charge in [-0.3, -0.25) is 9.79 Å². The highest BCUT2D eigenvalue weighted by Crippen LogP contribution is 2.47. The Morgan fingerprint density at radius 3 is 2.55 bits per heavy atom. The maximum absolute atomic E-state index is 13.3. The van der Waals surface area contributed by atoms with Gasteiger partial charge in [0.25, 0.3) is 0 Å². The Hall–Kier alpha value is -1.96. The molecule has 2 atom stereocenters. The van der Waals surface area contributed by atoms with Crippen LogP contribution in [0.3, 0.4) is 0 Å². The molecular weight excluding hydrogens is 412 g/mol. The van der Waals surface area contributed by atoms with Crippen LogP contribution in [-0.2, 0) is 19.1 Å². The standard InChI is InChI=1S/C24H32N2O4S/c1-5-30-23(28)22-18(14-29-11-10-25)26-17-12-24(2,3)13-19(27)21(17)20(22)15-6-8-16(31-4)9-7-15/h6-9,20-21H,5,10-14,25H2,1-4H3. The predicted octanol–water partition coefficient (Wildman–Crippen LogP) is 3.74. The lowest BCUT2D eigenvalue weighted by atomic mass is 9.63. The van der Waals surface area contributed by atoms with Gasteiger partial charge in [0.05, 0.1) is 37.0 Å². The molecule has 7 heteroatoms. The minimum atomic E-state index is -0.453. The number of fused-ring (bicyclic) bond motifs is 1. The van der Waals surface area contributed by atoms with Crippen molar-refractivity contribution in [3.8, 4) is 0 Å². The van der Waals surface area contributed by atoms with Crippen molar-refractivity contribution < 1.29 is 19.1 Å². The summed E-state index contributed by atoms with van der Waals surface area (Å²) in [6.07, 6.45) is 3.19. The molecule has 2 aliphatic rings. The Bertz CT molecular complexity index is 889. The summed E-state index contributed by atoms with van der Waals surface area (Å²) in [5.41, 5.74) is 8.14. The third kappa shape index (κ3) is 5.27. The molecule has 1 aromatic carbocycles. The minimum absolute atomic E-state index is 0.123. The number of nitrogens with zero attached hydrogens (tertiary/aromatic N) is 1. The van der Waals surface area contributed by atoms with Gasteiger partial charge in [-0.1, -0.05) is 26.0 Å². The lowest BCUT2D eigenvalue weighted by Crippen LogP contribution is -2.44. The van der Waals surface area contributed by atoms with E-state index in [0.29, 0.717) is 37.3 Å². The molecule has 0 aromatic heterocycles. The molecule has 1 fully saturated rings. The maximum atomic E-state index is 13.3. The first kappa shape index (κ1) is 23.7. The lowest BCUT2D eigenvalue weighted by molar-refractivity contribution is -0.139. The average Bonchev–Trinajstić information content (AvgIpc) is 2.72. The molecule has 0 spiro atoms. The van der Waals surface area contributed by atoms with E-state index in [4.69, 9.17) is 20.2 Å². The molecule has 1 aliphatic carbocycles. The number of ketones is 1. The summed E-state index contributed by atoms with van der Waals surface area (Å²) in [4.78, 5) is 32.4. The van der Waals surface area contributed by atoms with Gasteiger partial charge < -0.3 is 15.2 Å². The van der Waals surface area contributed by atoms with E-state index in [1.165, 1.54) is 0 Å². The molecule has 1 aromatic rings. The van der Waals surface area contributed by atoms with Gasteiger partial charge in [-0.05, 0) is 42.7 Å². The van der Waals surface area contributed by atoms with Crippen LogP contribution in [-0.4, -0.2) is 50.1 Å². The molecule has 2 N–H and O–H groups in total. The van der Waals surface area contributed by atoms with Crippen LogP contribution in [0.5, 0.6) is 0 Å². The van der Waals surface area contributed by atoms with Gasteiger partial charge in [0.2, 0.25) is 0 Å². The summed E-state index contributed by atoms with van der Waals surface area (Å²) in [6, 6.07) is 8.06. The second kappa shape index (κ2) is 10.1. The zero-order valence-electron chi connectivity index (χ0n) is 18.8. The van der Waals surface area contributed by atoms with Gasteiger partial charge in [0.1, 0.15) is 5.78 Å². The fourth-order valence-corrected chi connectivity index (χ4v) is 4.89. The lowest BCUT2D eigenvalue weighted by Gasteiger charge is -2.41.